The van der Waals surface area contributed by atoms with E-state index < -0.39 is 29.6 Å². The summed E-state index contributed by atoms with van der Waals surface area (Å²) in [5.41, 5.74) is -0.768. The number of carbonyl (C=O) groups is 1. The number of aromatic nitrogens is 1. The number of hydrogen-bond acceptors (Lipinski definition) is 5. The van der Waals surface area contributed by atoms with Crippen LogP contribution in [0.15, 0.2) is 21.3 Å². The maximum atomic E-state index is 14.4. The fourth-order valence-corrected chi connectivity index (χ4v) is 2.85. The second kappa shape index (κ2) is 7.72. The lowest BCUT2D eigenvalue weighted by atomic mass is 9.94. The first-order chi connectivity index (χ1) is 12.1. The SMILES string of the molecule is CCOC(=O)COc1cc(-n2c(Cl)c(C(C)(C)C)oc2=O)c(F)cc1Cl. The molecule has 0 aliphatic heterocycles. The molecule has 0 N–H and O–H groups in total. The molecule has 0 aliphatic rings. The number of halogens is 3. The van der Waals surface area contributed by atoms with Crippen molar-refractivity contribution in [2.24, 2.45) is 0 Å². The highest BCUT2D eigenvalue weighted by molar-refractivity contribution is 6.32. The van der Waals surface area contributed by atoms with Gasteiger partial charge in [0.2, 0.25) is 0 Å². The van der Waals surface area contributed by atoms with Crippen molar-refractivity contribution < 1.29 is 23.1 Å². The first kappa shape index (κ1) is 20.3. The lowest BCUT2D eigenvalue weighted by Crippen LogP contribution is -2.16. The zero-order chi connectivity index (χ0) is 19.6. The Morgan fingerprint density at radius 1 is 1.31 bits per heavy atom. The Morgan fingerprint density at radius 3 is 2.50 bits per heavy atom. The highest BCUT2D eigenvalue weighted by Gasteiger charge is 2.28. The lowest BCUT2D eigenvalue weighted by molar-refractivity contribution is -0.145. The molecule has 0 aliphatic carbocycles. The highest BCUT2D eigenvalue weighted by Crippen LogP contribution is 2.34. The minimum absolute atomic E-state index is 0.00223. The average molecular weight is 406 g/mol. The zero-order valence-electron chi connectivity index (χ0n) is 14.7. The molecular formula is C17H18Cl2FNO5. The van der Waals surface area contributed by atoms with Crippen molar-refractivity contribution in [3.63, 3.8) is 0 Å². The van der Waals surface area contributed by atoms with Crippen LogP contribution in [-0.4, -0.2) is 23.8 Å². The van der Waals surface area contributed by atoms with Crippen LogP contribution in [0.4, 0.5) is 4.39 Å². The molecule has 0 bridgehead atoms. The van der Waals surface area contributed by atoms with E-state index in [9.17, 15) is 14.0 Å². The molecule has 0 spiro atoms. The zero-order valence-corrected chi connectivity index (χ0v) is 16.2. The van der Waals surface area contributed by atoms with Crippen LogP contribution in [0, 0.1) is 5.82 Å². The predicted molar refractivity (Wildman–Crippen MR) is 95.1 cm³/mol. The van der Waals surface area contributed by atoms with Gasteiger partial charge >= 0.3 is 11.7 Å². The summed E-state index contributed by atoms with van der Waals surface area (Å²) >= 11 is 12.2. The minimum Gasteiger partial charge on any atom is -0.480 e. The summed E-state index contributed by atoms with van der Waals surface area (Å²) in [6.45, 7) is 6.83. The minimum atomic E-state index is -0.850. The van der Waals surface area contributed by atoms with Crippen LogP contribution < -0.4 is 10.5 Å². The number of benzene rings is 1. The van der Waals surface area contributed by atoms with E-state index in [1.165, 1.54) is 6.07 Å². The number of hydrogen-bond donors (Lipinski definition) is 0. The Kier molecular flexibility index (Phi) is 6.03. The quantitative estimate of drug-likeness (QED) is 0.699. The molecule has 0 saturated heterocycles. The van der Waals surface area contributed by atoms with Crippen LogP contribution in [0.1, 0.15) is 33.5 Å². The van der Waals surface area contributed by atoms with Crippen molar-refractivity contribution >= 4 is 29.2 Å². The number of esters is 1. The number of carbonyl (C=O) groups excluding carboxylic acids is 1. The molecule has 0 unspecified atom stereocenters. The Balaban J connectivity index is 2.48. The van der Waals surface area contributed by atoms with Crippen molar-refractivity contribution in [3.8, 4) is 11.4 Å². The van der Waals surface area contributed by atoms with Gasteiger partial charge in [-0.3, -0.25) is 0 Å². The molecule has 1 aromatic carbocycles. The van der Waals surface area contributed by atoms with E-state index in [2.05, 4.69) is 0 Å². The number of ether oxygens (including phenoxy) is 2. The standard InChI is InChI=1S/C17H18Cl2FNO5/c1-5-24-13(22)8-25-12-7-11(10(20)6-9(12)18)21-15(19)14(17(2,3)4)26-16(21)23/h6-7H,5,8H2,1-4H3. The fourth-order valence-electron chi connectivity index (χ4n) is 2.16. The van der Waals surface area contributed by atoms with Gasteiger partial charge in [-0.15, -0.1) is 0 Å². The summed E-state index contributed by atoms with van der Waals surface area (Å²) in [6, 6.07) is 2.13. The van der Waals surface area contributed by atoms with Gasteiger partial charge in [-0.2, -0.15) is 0 Å². The monoisotopic (exact) mass is 405 g/mol. The average Bonchev–Trinajstić information content (AvgIpc) is 2.82. The maximum absolute atomic E-state index is 14.4. The number of oxazole rings is 1. The van der Waals surface area contributed by atoms with Crippen molar-refractivity contribution in [3.05, 3.63) is 44.4 Å². The van der Waals surface area contributed by atoms with Gasteiger partial charge in [0.1, 0.15) is 11.6 Å². The highest BCUT2D eigenvalue weighted by atomic mass is 35.5. The van der Waals surface area contributed by atoms with Gasteiger partial charge in [0.25, 0.3) is 0 Å². The molecular weight excluding hydrogens is 388 g/mol. The molecule has 6 nitrogen and oxygen atoms in total. The van der Waals surface area contributed by atoms with Crippen molar-refractivity contribution in [2.75, 3.05) is 13.2 Å². The van der Waals surface area contributed by atoms with Gasteiger partial charge < -0.3 is 13.9 Å². The molecule has 9 heteroatoms. The summed E-state index contributed by atoms with van der Waals surface area (Å²) in [7, 11) is 0. The summed E-state index contributed by atoms with van der Waals surface area (Å²) < 4.78 is 30.5. The summed E-state index contributed by atoms with van der Waals surface area (Å²) in [4.78, 5) is 23.6. The molecule has 1 aromatic heterocycles. The smallest absolute Gasteiger partial charge is 0.425 e. The maximum Gasteiger partial charge on any atom is 0.425 e. The van der Waals surface area contributed by atoms with Gasteiger partial charge in [-0.1, -0.05) is 44.0 Å². The Morgan fingerprint density at radius 2 is 1.96 bits per heavy atom. The van der Waals surface area contributed by atoms with Crippen molar-refractivity contribution in [1.82, 2.24) is 4.57 Å². The third-order valence-corrected chi connectivity index (χ3v) is 3.97. The molecule has 2 rings (SSSR count). The van der Waals surface area contributed by atoms with Crippen LogP contribution in [0.25, 0.3) is 5.69 Å². The van der Waals surface area contributed by atoms with Gasteiger partial charge in [0.15, 0.2) is 17.5 Å². The van der Waals surface area contributed by atoms with Gasteiger partial charge in [0, 0.05) is 11.5 Å². The normalized spacial score (nSPS) is 11.5. The largest absolute Gasteiger partial charge is 0.480 e. The molecule has 0 saturated carbocycles. The van der Waals surface area contributed by atoms with E-state index >= 15 is 0 Å². The van der Waals surface area contributed by atoms with Crippen LogP contribution in [-0.2, 0) is 14.9 Å². The molecule has 0 amide bonds. The first-order valence-electron chi connectivity index (χ1n) is 7.76. The van der Waals surface area contributed by atoms with Gasteiger partial charge in [0.05, 0.1) is 17.3 Å². The van der Waals surface area contributed by atoms with Gasteiger partial charge in [-0.25, -0.2) is 18.5 Å². The van der Waals surface area contributed by atoms with E-state index in [1.54, 1.807) is 27.7 Å². The predicted octanol–water partition coefficient (Wildman–Crippen LogP) is 4.12. The van der Waals surface area contributed by atoms with E-state index in [-0.39, 0.29) is 34.0 Å². The molecule has 142 valence electrons. The van der Waals surface area contributed by atoms with Crippen LogP contribution in [0.5, 0.6) is 5.75 Å². The molecule has 0 atom stereocenters. The van der Waals surface area contributed by atoms with E-state index in [1.807, 2.05) is 0 Å². The molecule has 2 aromatic rings. The Hall–Kier alpha value is -1.99. The van der Waals surface area contributed by atoms with Crippen LogP contribution >= 0.6 is 23.2 Å². The number of nitrogens with zero attached hydrogens (tertiary/aromatic N) is 1. The van der Waals surface area contributed by atoms with Crippen molar-refractivity contribution in [1.29, 1.82) is 0 Å². The Labute approximate surface area is 159 Å². The van der Waals surface area contributed by atoms with Crippen molar-refractivity contribution in [2.45, 2.75) is 33.1 Å². The third-order valence-electron chi connectivity index (χ3n) is 3.33. The topological polar surface area (TPSA) is 70.7 Å². The summed E-state index contributed by atoms with van der Waals surface area (Å²) in [6.07, 6.45) is 0. The fraction of sp³-hybridized carbons (Fsp3) is 0.412. The Bertz CT molecular complexity index is 882. The third kappa shape index (κ3) is 4.22. The van der Waals surface area contributed by atoms with E-state index in [0.717, 1.165) is 10.6 Å². The lowest BCUT2D eigenvalue weighted by Gasteiger charge is -2.15. The first-order valence-corrected chi connectivity index (χ1v) is 8.51. The van der Waals surface area contributed by atoms with E-state index in [4.69, 9.17) is 37.1 Å². The van der Waals surface area contributed by atoms with Crippen LogP contribution in [0.3, 0.4) is 0 Å². The second-order valence-electron chi connectivity index (χ2n) is 6.40. The van der Waals surface area contributed by atoms with E-state index in [0.29, 0.717) is 0 Å². The molecule has 26 heavy (non-hydrogen) atoms. The van der Waals surface area contributed by atoms with Gasteiger partial charge in [-0.05, 0) is 13.0 Å². The molecule has 1 heterocycles. The summed E-state index contributed by atoms with van der Waals surface area (Å²) in [5.74, 6) is -2.05. The number of rotatable bonds is 5. The molecule has 0 fully saturated rings. The summed E-state index contributed by atoms with van der Waals surface area (Å²) in [5, 5.41) is -0.126. The van der Waals surface area contributed by atoms with Crippen LogP contribution in [0.2, 0.25) is 10.2 Å². The molecule has 0 radical (unpaired) electrons. The second-order valence-corrected chi connectivity index (χ2v) is 7.17.